The Balaban J connectivity index is 1.90. The zero-order valence-corrected chi connectivity index (χ0v) is 11.1. The van der Waals surface area contributed by atoms with Gasteiger partial charge in [0.25, 0.3) is 0 Å². The van der Waals surface area contributed by atoms with Crippen LogP contribution < -0.4 is 0 Å². The van der Waals surface area contributed by atoms with Gasteiger partial charge in [-0.2, -0.15) is 0 Å². The normalized spacial score (nSPS) is 25.4. The number of rotatable bonds is 5. The number of alkyl halides is 1. The first kappa shape index (κ1) is 13.2. The van der Waals surface area contributed by atoms with Crippen molar-refractivity contribution >= 4 is 17.5 Å². The minimum Gasteiger partial charge on any atom is -0.381 e. The fraction of sp³-hybridized carbons (Fsp3) is 0.923. The zero-order chi connectivity index (χ0) is 12.1. The SMILES string of the molecule is O=C(C1CCCOC1)N(CCCCl)C1CCC1. The summed E-state index contributed by atoms with van der Waals surface area (Å²) >= 11 is 5.74. The maximum Gasteiger partial charge on any atom is 0.228 e. The lowest BCUT2D eigenvalue weighted by atomic mass is 9.89. The van der Waals surface area contributed by atoms with E-state index in [1.807, 2.05) is 0 Å². The minimum absolute atomic E-state index is 0.0969. The molecule has 1 amide bonds. The quantitative estimate of drug-likeness (QED) is 0.710. The van der Waals surface area contributed by atoms with Crippen LogP contribution in [-0.4, -0.2) is 42.5 Å². The Bertz CT molecular complexity index is 250. The van der Waals surface area contributed by atoms with Gasteiger partial charge >= 0.3 is 0 Å². The van der Waals surface area contributed by atoms with E-state index in [0.29, 0.717) is 24.4 Å². The molecule has 1 saturated carbocycles. The van der Waals surface area contributed by atoms with Gasteiger partial charge in [-0.3, -0.25) is 4.79 Å². The Kier molecular flexibility index (Phi) is 5.11. The first-order valence-corrected chi connectivity index (χ1v) is 7.30. The van der Waals surface area contributed by atoms with Crippen LogP contribution >= 0.6 is 11.6 Å². The van der Waals surface area contributed by atoms with Crippen molar-refractivity contribution in [2.24, 2.45) is 5.92 Å². The fourth-order valence-corrected chi connectivity index (χ4v) is 2.69. The van der Waals surface area contributed by atoms with Gasteiger partial charge in [-0.15, -0.1) is 11.6 Å². The number of hydrogen-bond acceptors (Lipinski definition) is 2. The van der Waals surface area contributed by atoms with E-state index >= 15 is 0 Å². The number of halogens is 1. The molecule has 1 atom stereocenters. The second kappa shape index (κ2) is 6.60. The molecule has 1 unspecified atom stereocenters. The van der Waals surface area contributed by atoms with E-state index in [1.165, 1.54) is 19.3 Å². The van der Waals surface area contributed by atoms with Crippen LogP contribution in [0.3, 0.4) is 0 Å². The first-order chi connectivity index (χ1) is 8.33. The summed E-state index contributed by atoms with van der Waals surface area (Å²) in [4.78, 5) is 14.5. The topological polar surface area (TPSA) is 29.5 Å². The molecule has 2 aliphatic rings. The van der Waals surface area contributed by atoms with Gasteiger partial charge in [-0.25, -0.2) is 0 Å². The smallest absolute Gasteiger partial charge is 0.228 e. The van der Waals surface area contributed by atoms with E-state index in [-0.39, 0.29) is 5.92 Å². The minimum atomic E-state index is 0.0969. The molecule has 17 heavy (non-hydrogen) atoms. The van der Waals surface area contributed by atoms with Crippen molar-refractivity contribution in [2.45, 2.75) is 44.6 Å². The van der Waals surface area contributed by atoms with Crippen LogP contribution in [0.4, 0.5) is 0 Å². The highest BCUT2D eigenvalue weighted by molar-refractivity contribution is 6.17. The molecule has 1 aliphatic carbocycles. The Morgan fingerprint density at radius 3 is 2.65 bits per heavy atom. The molecule has 0 N–H and O–H groups in total. The molecular formula is C13H22ClNO2. The predicted octanol–water partition coefficient (Wildman–Crippen LogP) is 2.42. The van der Waals surface area contributed by atoms with Crippen LogP contribution in [0.25, 0.3) is 0 Å². The summed E-state index contributed by atoms with van der Waals surface area (Å²) in [6.45, 7) is 2.25. The van der Waals surface area contributed by atoms with E-state index in [0.717, 1.165) is 32.4 Å². The van der Waals surface area contributed by atoms with E-state index < -0.39 is 0 Å². The third kappa shape index (κ3) is 3.35. The summed E-state index contributed by atoms with van der Waals surface area (Å²) in [6, 6.07) is 0.479. The van der Waals surface area contributed by atoms with Gasteiger partial charge in [0.1, 0.15) is 0 Å². The summed E-state index contributed by atoms with van der Waals surface area (Å²) in [5.74, 6) is 1.04. The lowest BCUT2D eigenvalue weighted by Crippen LogP contribution is -2.48. The highest BCUT2D eigenvalue weighted by atomic mass is 35.5. The number of hydrogen-bond donors (Lipinski definition) is 0. The van der Waals surface area contributed by atoms with Crippen molar-refractivity contribution in [3.63, 3.8) is 0 Å². The lowest BCUT2D eigenvalue weighted by Gasteiger charge is -2.40. The van der Waals surface area contributed by atoms with Crippen molar-refractivity contribution < 1.29 is 9.53 Å². The molecule has 1 saturated heterocycles. The zero-order valence-electron chi connectivity index (χ0n) is 10.4. The van der Waals surface area contributed by atoms with Gasteiger partial charge in [0, 0.05) is 25.1 Å². The Morgan fingerprint density at radius 1 is 1.29 bits per heavy atom. The van der Waals surface area contributed by atoms with Crippen molar-refractivity contribution in [3.05, 3.63) is 0 Å². The summed E-state index contributed by atoms with van der Waals surface area (Å²) in [5, 5.41) is 0. The molecule has 1 heterocycles. The summed E-state index contributed by atoms with van der Waals surface area (Å²) in [7, 11) is 0. The Morgan fingerprint density at radius 2 is 2.12 bits per heavy atom. The molecule has 0 bridgehead atoms. The van der Waals surface area contributed by atoms with Crippen molar-refractivity contribution in [1.82, 2.24) is 4.90 Å². The largest absolute Gasteiger partial charge is 0.381 e. The Labute approximate surface area is 108 Å². The number of carbonyl (C=O) groups is 1. The molecule has 2 fully saturated rings. The summed E-state index contributed by atoms with van der Waals surface area (Å²) in [6.07, 6.45) is 6.50. The van der Waals surface area contributed by atoms with Gasteiger partial charge in [0.15, 0.2) is 0 Å². The van der Waals surface area contributed by atoms with Gasteiger partial charge in [0.2, 0.25) is 5.91 Å². The van der Waals surface area contributed by atoms with Gasteiger partial charge in [-0.05, 0) is 38.5 Å². The van der Waals surface area contributed by atoms with Gasteiger partial charge in [-0.1, -0.05) is 0 Å². The van der Waals surface area contributed by atoms with Crippen molar-refractivity contribution in [1.29, 1.82) is 0 Å². The third-order valence-electron chi connectivity index (χ3n) is 3.84. The number of amides is 1. The number of carbonyl (C=O) groups excluding carboxylic acids is 1. The molecule has 0 aromatic heterocycles. The van der Waals surface area contributed by atoms with E-state index in [2.05, 4.69) is 4.90 Å². The third-order valence-corrected chi connectivity index (χ3v) is 4.11. The van der Waals surface area contributed by atoms with Gasteiger partial charge < -0.3 is 9.64 Å². The molecule has 0 aromatic carbocycles. The Hall–Kier alpha value is -0.280. The van der Waals surface area contributed by atoms with Crippen LogP contribution in [0, 0.1) is 5.92 Å². The molecule has 3 nitrogen and oxygen atoms in total. The summed E-state index contributed by atoms with van der Waals surface area (Å²) in [5.41, 5.74) is 0. The molecule has 98 valence electrons. The maximum absolute atomic E-state index is 12.4. The molecular weight excluding hydrogens is 238 g/mol. The second-order valence-electron chi connectivity index (χ2n) is 5.07. The molecule has 2 rings (SSSR count). The molecule has 0 spiro atoms. The maximum atomic E-state index is 12.4. The molecule has 0 radical (unpaired) electrons. The van der Waals surface area contributed by atoms with Crippen LogP contribution in [0.2, 0.25) is 0 Å². The highest BCUT2D eigenvalue weighted by Gasteiger charge is 2.33. The monoisotopic (exact) mass is 259 g/mol. The average molecular weight is 260 g/mol. The van der Waals surface area contributed by atoms with Crippen molar-refractivity contribution in [2.75, 3.05) is 25.6 Å². The second-order valence-corrected chi connectivity index (χ2v) is 5.45. The van der Waals surface area contributed by atoms with E-state index in [4.69, 9.17) is 16.3 Å². The van der Waals surface area contributed by atoms with Gasteiger partial charge in [0.05, 0.1) is 12.5 Å². The first-order valence-electron chi connectivity index (χ1n) is 6.77. The molecule has 1 aliphatic heterocycles. The number of ether oxygens (including phenoxy) is 1. The van der Waals surface area contributed by atoms with Crippen LogP contribution in [-0.2, 0) is 9.53 Å². The van der Waals surface area contributed by atoms with Crippen molar-refractivity contribution in [3.8, 4) is 0 Å². The highest BCUT2D eigenvalue weighted by Crippen LogP contribution is 2.28. The fourth-order valence-electron chi connectivity index (χ4n) is 2.57. The number of nitrogens with zero attached hydrogens (tertiary/aromatic N) is 1. The van der Waals surface area contributed by atoms with E-state index in [9.17, 15) is 4.79 Å². The molecule has 0 aromatic rings. The van der Waals surface area contributed by atoms with Crippen LogP contribution in [0.5, 0.6) is 0 Å². The predicted molar refractivity (Wildman–Crippen MR) is 68.2 cm³/mol. The van der Waals surface area contributed by atoms with E-state index in [1.54, 1.807) is 0 Å². The standard InChI is InChI=1S/C13H22ClNO2/c14-7-3-8-15(12-5-1-6-12)13(16)11-4-2-9-17-10-11/h11-12H,1-10H2. The van der Waals surface area contributed by atoms with Crippen LogP contribution in [0.1, 0.15) is 38.5 Å². The molecule has 4 heteroatoms. The average Bonchev–Trinajstić information content (AvgIpc) is 2.32. The van der Waals surface area contributed by atoms with Crippen LogP contribution in [0.15, 0.2) is 0 Å². The summed E-state index contributed by atoms with van der Waals surface area (Å²) < 4.78 is 5.42. The lowest BCUT2D eigenvalue weighted by molar-refractivity contribution is -0.143.